The van der Waals surface area contributed by atoms with Crippen molar-refractivity contribution >= 4 is 0 Å². The number of nitrogens with one attached hydrogen (secondary N) is 1. The van der Waals surface area contributed by atoms with Crippen LogP contribution in [0, 0.1) is 0 Å². The van der Waals surface area contributed by atoms with Gasteiger partial charge in [-0.1, -0.05) is 0 Å². The molecule has 0 fully saturated rings. The lowest BCUT2D eigenvalue weighted by atomic mass is 10.2. The third-order valence-corrected chi connectivity index (χ3v) is 2.25. The lowest BCUT2D eigenvalue weighted by Gasteiger charge is -2.05. The molecule has 0 aliphatic heterocycles. The molecule has 0 unspecified atom stereocenters. The summed E-state index contributed by atoms with van der Waals surface area (Å²) in [5, 5.41) is 0. The van der Waals surface area contributed by atoms with E-state index in [0.29, 0.717) is 0 Å². The normalized spacial score (nSPS) is 10.2. The van der Waals surface area contributed by atoms with Crippen LogP contribution >= 0.6 is 0 Å². The molecule has 4 nitrogen and oxygen atoms in total. The van der Waals surface area contributed by atoms with Crippen molar-refractivity contribution in [2.45, 2.75) is 12.8 Å². The van der Waals surface area contributed by atoms with Crippen molar-refractivity contribution in [1.29, 1.82) is 0 Å². The van der Waals surface area contributed by atoms with Crippen LogP contribution in [0.4, 0.5) is 0 Å². The van der Waals surface area contributed by atoms with Crippen LogP contribution in [-0.2, 0) is 12.8 Å². The van der Waals surface area contributed by atoms with Crippen molar-refractivity contribution < 1.29 is 4.74 Å². The Bertz CT molecular complexity index is 412. The number of hydrogen-bond acceptors (Lipinski definition) is 3. The largest absolute Gasteiger partial charge is 0.495 e. The van der Waals surface area contributed by atoms with E-state index < -0.39 is 0 Å². The average molecular weight is 203 g/mol. The van der Waals surface area contributed by atoms with Gasteiger partial charge in [0.05, 0.1) is 19.1 Å². The summed E-state index contributed by atoms with van der Waals surface area (Å²) in [5.74, 6) is 0.844. The number of H-pyrrole nitrogens is 1. The van der Waals surface area contributed by atoms with E-state index in [-0.39, 0.29) is 0 Å². The van der Waals surface area contributed by atoms with Gasteiger partial charge in [0.1, 0.15) is 5.75 Å². The number of pyridine rings is 1. The summed E-state index contributed by atoms with van der Waals surface area (Å²) in [6.07, 6.45) is 7.05. The number of imidazole rings is 1. The number of aromatic amines is 1. The van der Waals surface area contributed by atoms with Crippen molar-refractivity contribution in [3.63, 3.8) is 0 Å². The zero-order chi connectivity index (χ0) is 10.5. The number of aromatic nitrogens is 3. The predicted molar refractivity (Wildman–Crippen MR) is 56.8 cm³/mol. The minimum absolute atomic E-state index is 0.844. The van der Waals surface area contributed by atoms with Crippen LogP contribution in [0.2, 0.25) is 0 Å². The Hall–Kier alpha value is -1.84. The SMILES string of the molecule is COc1cccnc1CCc1cnc[nH]1. The molecule has 0 atom stereocenters. The molecule has 15 heavy (non-hydrogen) atoms. The van der Waals surface area contributed by atoms with Gasteiger partial charge in [0.15, 0.2) is 0 Å². The number of ether oxygens (including phenoxy) is 1. The molecule has 0 saturated carbocycles. The summed E-state index contributed by atoms with van der Waals surface area (Å²) >= 11 is 0. The van der Waals surface area contributed by atoms with Crippen LogP contribution in [0.25, 0.3) is 0 Å². The standard InChI is InChI=1S/C11H13N3O/c1-15-11-3-2-6-13-10(11)5-4-9-7-12-8-14-9/h2-3,6-8H,4-5H2,1H3,(H,12,14). The van der Waals surface area contributed by atoms with Gasteiger partial charge in [-0.05, 0) is 25.0 Å². The van der Waals surface area contributed by atoms with E-state index in [1.54, 1.807) is 19.6 Å². The first kappa shape index (κ1) is 9.71. The highest BCUT2D eigenvalue weighted by Crippen LogP contribution is 2.16. The lowest BCUT2D eigenvalue weighted by molar-refractivity contribution is 0.406. The average Bonchev–Trinajstić information content (AvgIpc) is 2.79. The topological polar surface area (TPSA) is 50.8 Å². The van der Waals surface area contributed by atoms with Crippen LogP contribution < -0.4 is 4.74 Å². The Balaban J connectivity index is 2.04. The molecule has 0 bridgehead atoms. The smallest absolute Gasteiger partial charge is 0.140 e. The Morgan fingerprint density at radius 3 is 3.07 bits per heavy atom. The van der Waals surface area contributed by atoms with E-state index >= 15 is 0 Å². The predicted octanol–water partition coefficient (Wildman–Crippen LogP) is 1.60. The number of aryl methyl sites for hydroxylation is 2. The summed E-state index contributed by atoms with van der Waals surface area (Å²) in [6, 6.07) is 3.80. The molecular weight excluding hydrogens is 190 g/mol. The monoisotopic (exact) mass is 203 g/mol. The van der Waals surface area contributed by atoms with Crippen molar-refractivity contribution in [2.24, 2.45) is 0 Å². The van der Waals surface area contributed by atoms with Gasteiger partial charge >= 0.3 is 0 Å². The minimum atomic E-state index is 0.844. The molecule has 0 aliphatic carbocycles. The highest BCUT2D eigenvalue weighted by atomic mass is 16.5. The van der Waals surface area contributed by atoms with Crippen molar-refractivity contribution in [1.82, 2.24) is 15.0 Å². The molecule has 0 aliphatic rings. The number of rotatable bonds is 4. The molecule has 0 radical (unpaired) electrons. The first-order chi connectivity index (χ1) is 7.40. The summed E-state index contributed by atoms with van der Waals surface area (Å²) < 4.78 is 5.23. The minimum Gasteiger partial charge on any atom is -0.495 e. The van der Waals surface area contributed by atoms with Crippen LogP contribution in [-0.4, -0.2) is 22.1 Å². The van der Waals surface area contributed by atoms with Crippen LogP contribution in [0.15, 0.2) is 30.9 Å². The van der Waals surface area contributed by atoms with Crippen molar-refractivity contribution in [2.75, 3.05) is 7.11 Å². The highest BCUT2D eigenvalue weighted by Gasteiger charge is 2.03. The second-order valence-electron chi connectivity index (χ2n) is 3.23. The van der Waals surface area contributed by atoms with E-state index in [9.17, 15) is 0 Å². The molecule has 2 aromatic rings. The quantitative estimate of drug-likeness (QED) is 0.821. The third-order valence-electron chi connectivity index (χ3n) is 2.25. The van der Waals surface area contributed by atoms with E-state index in [2.05, 4.69) is 15.0 Å². The fourth-order valence-electron chi connectivity index (χ4n) is 1.47. The first-order valence-electron chi connectivity index (χ1n) is 4.85. The Kier molecular flexibility index (Phi) is 2.97. The van der Waals surface area contributed by atoms with Crippen LogP contribution in [0.5, 0.6) is 5.75 Å². The first-order valence-corrected chi connectivity index (χ1v) is 4.85. The lowest BCUT2D eigenvalue weighted by Crippen LogP contribution is -1.98. The van der Waals surface area contributed by atoms with Gasteiger partial charge in [-0.15, -0.1) is 0 Å². The molecule has 0 saturated heterocycles. The van der Waals surface area contributed by atoms with Gasteiger partial charge in [0.2, 0.25) is 0 Å². The molecule has 2 aromatic heterocycles. The number of methoxy groups -OCH3 is 1. The van der Waals surface area contributed by atoms with Gasteiger partial charge in [0.25, 0.3) is 0 Å². The second-order valence-corrected chi connectivity index (χ2v) is 3.23. The summed E-state index contributed by atoms with van der Waals surface area (Å²) in [4.78, 5) is 11.3. The van der Waals surface area contributed by atoms with E-state index in [1.807, 2.05) is 18.3 Å². The van der Waals surface area contributed by atoms with Gasteiger partial charge in [-0.25, -0.2) is 4.98 Å². The fraction of sp³-hybridized carbons (Fsp3) is 0.273. The molecule has 0 spiro atoms. The van der Waals surface area contributed by atoms with E-state index in [4.69, 9.17) is 4.74 Å². The van der Waals surface area contributed by atoms with E-state index in [1.165, 1.54) is 0 Å². The maximum absolute atomic E-state index is 5.23. The summed E-state index contributed by atoms with van der Waals surface area (Å²) in [7, 11) is 1.66. The maximum atomic E-state index is 5.23. The Labute approximate surface area is 88.3 Å². The van der Waals surface area contributed by atoms with Gasteiger partial charge < -0.3 is 9.72 Å². The number of nitrogens with zero attached hydrogens (tertiary/aromatic N) is 2. The second kappa shape index (κ2) is 4.59. The van der Waals surface area contributed by atoms with Gasteiger partial charge in [-0.3, -0.25) is 4.98 Å². The van der Waals surface area contributed by atoms with Crippen LogP contribution in [0.3, 0.4) is 0 Å². The third kappa shape index (κ3) is 2.34. The molecular formula is C11H13N3O. The van der Waals surface area contributed by atoms with E-state index in [0.717, 1.165) is 30.0 Å². The van der Waals surface area contributed by atoms with Gasteiger partial charge in [0, 0.05) is 18.1 Å². The van der Waals surface area contributed by atoms with Crippen molar-refractivity contribution in [3.8, 4) is 5.75 Å². The Morgan fingerprint density at radius 1 is 1.40 bits per heavy atom. The molecule has 1 N–H and O–H groups in total. The molecule has 0 aromatic carbocycles. The molecule has 4 heteroatoms. The maximum Gasteiger partial charge on any atom is 0.140 e. The number of hydrogen-bond donors (Lipinski definition) is 1. The van der Waals surface area contributed by atoms with Crippen LogP contribution in [0.1, 0.15) is 11.4 Å². The summed E-state index contributed by atoms with van der Waals surface area (Å²) in [5.41, 5.74) is 2.09. The van der Waals surface area contributed by atoms with Crippen molar-refractivity contribution in [3.05, 3.63) is 42.2 Å². The van der Waals surface area contributed by atoms with Gasteiger partial charge in [-0.2, -0.15) is 0 Å². The molecule has 2 heterocycles. The molecule has 0 amide bonds. The summed E-state index contributed by atoms with van der Waals surface area (Å²) in [6.45, 7) is 0. The fourth-order valence-corrected chi connectivity index (χ4v) is 1.47. The zero-order valence-corrected chi connectivity index (χ0v) is 8.60. The molecule has 2 rings (SSSR count). The zero-order valence-electron chi connectivity index (χ0n) is 8.60. The Morgan fingerprint density at radius 2 is 2.33 bits per heavy atom. The highest BCUT2D eigenvalue weighted by molar-refractivity contribution is 5.27. The molecule has 78 valence electrons.